The molecule has 3 rings (SSSR count). The Morgan fingerprint density at radius 2 is 2.10 bits per heavy atom. The molecule has 1 N–H and O–H groups in total. The van der Waals surface area contributed by atoms with Gasteiger partial charge in [0, 0.05) is 4.88 Å². The van der Waals surface area contributed by atoms with Crippen LogP contribution >= 0.6 is 22.9 Å². The fraction of sp³-hybridized carbons (Fsp3) is 0.375. The molecular formula is C16H18ClNO2S. The smallest absolute Gasteiger partial charge is 0.161 e. The zero-order valence-electron chi connectivity index (χ0n) is 11.8. The van der Waals surface area contributed by atoms with Crippen LogP contribution in [-0.2, 0) is 0 Å². The predicted molar refractivity (Wildman–Crippen MR) is 86.7 cm³/mol. The summed E-state index contributed by atoms with van der Waals surface area (Å²) in [5.74, 6) is 1.62. The first kappa shape index (κ1) is 14.7. The highest BCUT2D eigenvalue weighted by Gasteiger charge is 2.30. The van der Waals surface area contributed by atoms with Crippen LogP contribution in [0.15, 0.2) is 36.4 Å². The largest absolute Gasteiger partial charge is 0.486 e. The molecule has 1 aliphatic rings. The average Bonchev–Trinajstić information content (AvgIpc) is 2.94. The molecule has 2 unspecified atom stereocenters. The van der Waals surface area contributed by atoms with Crippen molar-refractivity contribution in [2.75, 3.05) is 13.2 Å². The van der Waals surface area contributed by atoms with Crippen molar-refractivity contribution >= 4 is 22.9 Å². The van der Waals surface area contributed by atoms with E-state index in [1.54, 1.807) is 11.3 Å². The second-order valence-electron chi connectivity index (χ2n) is 4.99. The Kier molecular flexibility index (Phi) is 4.68. The van der Waals surface area contributed by atoms with Crippen molar-refractivity contribution in [3.63, 3.8) is 0 Å². The molecule has 21 heavy (non-hydrogen) atoms. The summed E-state index contributed by atoms with van der Waals surface area (Å²) in [7, 11) is 0. The monoisotopic (exact) mass is 323 g/mol. The van der Waals surface area contributed by atoms with E-state index in [-0.39, 0.29) is 12.1 Å². The number of benzene rings is 1. The molecule has 112 valence electrons. The molecule has 0 amide bonds. The molecule has 2 aromatic rings. The third-order valence-corrected chi connectivity index (χ3v) is 4.73. The number of halogens is 1. The number of ether oxygens (including phenoxy) is 2. The van der Waals surface area contributed by atoms with E-state index in [0.717, 1.165) is 28.8 Å². The molecule has 1 aromatic carbocycles. The number of nitrogens with one attached hydrogen (secondary N) is 1. The van der Waals surface area contributed by atoms with Gasteiger partial charge in [0.25, 0.3) is 0 Å². The highest BCUT2D eigenvalue weighted by atomic mass is 35.5. The maximum Gasteiger partial charge on any atom is 0.161 e. The van der Waals surface area contributed by atoms with Gasteiger partial charge in [0.2, 0.25) is 0 Å². The molecular weight excluding hydrogens is 306 g/mol. The topological polar surface area (TPSA) is 30.5 Å². The second kappa shape index (κ2) is 6.69. The van der Waals surface area contributed by atoms with Gasteiger partial charge in [-0.1, -0.05) is 30.7 Å². The summed E-state index contributed by atoms with van der Waals surface area (Å²) in [6.07, 6.45) is 1.01. The number of thiophene rings is 1. The summed E-state index contributed by atoms with van der Waals surface area (Å²) in [5, 5.41) is 3.55. The first-order valence-electron chi connectivity index (χ1n) is 7.15. The number of fused-ring (bicyclic) bond motifs is 1. The van der Waals surface area contributed by atoms with Crippen LogP contribution < -0.4 is 14.8 Å². The molecule has 0 fully saturated rings. The highest BCUT2D eigenvalue weighted by molar-refractivity contribution is 7.16. The minimum atomic E-state index is -0.0545. The number of para-hydroxylation sites is 2. The summed E-state index contributed by atoms with van der Waals surface area (Å²) >= 11 is 7.67. The van der Waals surface area contributed by atoms with Crippen LogP contribution in [0.5, 0.6) is 11.5 Å². The lowest BCUT2D eigenvalue weighted by Gasteiger charge is -2.32. The van der Waals surface area contributed by atoms with Crippen molar-refractivity contribution in [2.45, 2.75) is 25.5 Å². The lowest BCUT2D eigenvalue weighted by molar-refractivity contribution is 0.0626. The molecule has 0 bridgehead atoms. The van der Waals surface area contributed by atoms with Crippen molar-refractivity contribution in [3.05, 3.63) is 45.6 Å². The Balaban J connectivity index is 1.81. The normalized spacial score (nSPS) is 18.5. The Morgan fingerprint density at radius 1 is 1.29 bits per heavy atom. The van der Waals surface area contributed by atoms with Crippen LogP contribution in [0, 0.1) is 0 Å². The van der Waals surface area contributed by atoms with E-state index in [1.165, 1.54) is 4.88 Å². The van der Waals surface area contributed by atoms with Crippen molar-refractivity contribution in [1.29, 1.82) is 0 Å². The van der Waals surface area contributed by atoms with E-state index in [1.807, 2.05) is 30.3 Å². The maximum absolute atomic E-state index is 6.13. The van der Waals surface area contributed by atoms with E-state index in [2.05, 4.69) is 18.3 Å². The van der Waals surface area contributed by atoms with Crippen LogP contribution in [-0.4, -0.2) is 19.3 Å². The molecule has 0 spiro atoms. The van der Waals surface area contributed by atoms with Crippen LogP contribution in [0.25, 0.3) is 0 Å². The molecule has 0 aliphatic carbocycles. The third-order valence-electron chi connectivity index (χ3n) is 3.42. The van der Waals surface area contributed by atoms with E-state index >= 15 is 0 Å². The number of hydrogen-bond acceptors (Lipinski definition) is 4. The molecule has 5 heteroatoms. The highest BCUT2D eigenvalue weighted by Crippen LogP contribution is 2.36. The van der Waals surface area contributed by atoms with Crippen molar-refractivity contribution in [3.8, 4) is 11.5 Å². The van der Waals surface area contributed by atoms with Gasteiger partial charge in [-0.05, 0) is 37.2 Å². The summed E-state index contributed by atoms with van der Waals surface area (Å²) in [6.45, 7) is 3.62. The standard InChI is InChI=1S/C16H18ClNO2S/c1-2-9-18-16(14-7-8-15(17)21-14)13-10-19-11-5-3-4-6-12(11)20-13/h3-8,13,16,18H,2,9-10H2,1H3. The summed E-state index contributed by atoms with van der Waals surface area (Å²) in [5.41, 5.74) is 0. The summed E-state index contributed by atoms with van der Waals surface area (Å²) in [4.78, 5) is 1.18. The Hall–Kier alpha value is -1.23. The molecule has 0 saturated heterocycles. The first-order valence-corrected chi connectivity index (χ1v) is 8.34. The van der Waals surface area contributed by atoms with Crippen LogP contribution in [0.4, 0.5) is 0 Å². The van der Waals surface area contributed by atoms with Crippen LogP contribution in [0.1, 0.15) is 24.3 Å². The molecule has 1 aliphatic heterocycles. The lowest BCUT2D eigenvalue weighted by atomic mass is 10.1. The molecule has 0 saturated carbocycles. The summed E-state index contributed by atoms with van der Waals surface area (Å²) < 4.78 is 12.8. The van der Waals surface area contributed by atoms with Gasteiger partial charge in [0.15, 0.2) is 17.6 Å². The van der Waals surface area contributed by atoms with Crippen molar-refractivity contribution < 1.29 is 9.47 Å². The van der Waals surface area contributed by atoms with Gasteiger partial charge in [-0.3, -0.25) is 0 Å². The lowest BCUT2D eigenvalue weighted by Crippen LogP contribution is -2.41. The minimum absolute atomic E-state index is 0.0545. The fourth-order valence-corrected chi connectivity index (χ4v) is 3.60. The van der Waals surface area contributed by atoms with Crippen LogP contribution in [0.3, 0.4) is 0 Å². The van der Waals surface area contributed by atoms with E-state index in [9.17, 15) is 0 Å². The van der Waals surface area contributed by atoms with Gasteiger partial charge >= 0.3 is 0 Å². The quantitative estimate of drug-likeness (QED) is 0.890. The summed E-state index contributed by atoms with van der Waals surface area (Å²) in [6, 6.07) is 11.9. The van der Waals surface area contributed by atoms with Gasteiger partial charge in [-0.2, -0.15) is 0 Å². The van der Waals surface area contributed by atoms with Gasteiger partial charge in [-0.25, -0.2) is 0 Å². The van der Waals surface area contributed by atoms with Crippen molar-refractivity contribution in [2.24, 2.45) is 0 Å². The molecule has 0 radical (unpaired) electrons. The average molecular weight is 324 g/mol. The van der Waals surface area contributed by atoms with E-state index in [0.29, 0.717) is 6.61 Å². The van der Waals surface area contributed by atoms with E-state index in [4.69, 9.17) is 21.1 Å². The van der Waals surface area contributed by atoms with Gasteiger partial charge in [0.1, 0.15) is 6.61 Å². The SMILES string of the molecule is CCCNC(c1ccc(Cl)s1)C1COc2ccccc2O1. The van der Waals surface area contributed by atoms with Crippen LogP contribution in [0.2, 0.25) is 4.34 Å². The fourth-order valence-electron chi connectivity index (χ4n) is 2.41. The zero-order valence-corrected chi connectivity index (χ0v) is 13.4. The third kappa shape index (κ3) is 3.34. The Labute approximate surface area is 133 Å². The van der Waals surface area contributed by atoms with Crippen molar-refractivity contribution in [1.82, 2.24) is 5.32 Å². The molecule has 2 heterocycles. The number of hydrogen-bond donors (Lipinski definition) is 1. The van der Waals surface area contributed by atoms with Gasteiger partial charge in [-0.15, -0.1) is 11.3 Å². The Bertz CT molecular complexity index is 601. The molecule has 2 atom stereocenters. The maximum atomic E-state index is 6.13. The van der Waals surface area contributed by atoms with E-state index < -0.39 is 0 Å². The zero-order chi connectivity index (χ0) is 14.7. The minimum Gasteiger partial charge on any atom is -0.486 e. The second-order valence-corrected chi connectivity index (χ2v) is 6.73. The Morgan fingerprint density at radius 3 is 2.81 bits per heavy atom. The number of rotatable bonds is 5. The predicted octanol–water partition coefficient (Wildman–Crippen LogP) is 4.28. The van der Waals surface area contributed by atoms with Gasteiger partial charge in [0.05, 0.1) is 10.4 Å². The molecule has 1 aromatic heterocycles. The molecule has 3 nitrogen and oxygen atoms in total. The van der Waals surface area contributed by atoms with Gasteiger partial charge < -0.3 is 14.8 Å². The first-order chi connectivity index (χ1) is 10.3.